The molecule has 0 N–H and O–H groups in total. The normalized spacial score (nSPS) is 25.2. The molecular formula is C22H30N2O. The average Bonchev–Trinajstić information content (AvgIpc) is 2.67. The summed E-state index contributed by atoms with van der Waals surface area (Å²) < 4.78 is 6.50. The SMILES string of the molecule is CCCCC1(CC)C/C(=N\C#N)c2cc(C3CCCCC3)ccc2O1. The zero-order valence-corrected chi connectivity index (χ0v) is 15.7. The van der Waals surface area contributed by atoms with Crippen LogP contribution in [0.15, 0.2) is 23.2 Å². The van der Waals surface area contributed by atoms with Crippen molar-refractivity contribution in [3.63, 3.8) is 0 Å². The number of benzene rings is 1. The van der Waals surface area contributed by atoms with Gasteiger partial charge in [0.05, 0.1) is 5.71 Å². The minimum Gasteiger partial charge on any atom is -0.486 e. The minimum absolute atomic E-state index is 0.203. The van der Waals surface area contributed by atoms with E-state index in [2.05, 4.69) is 37.0 Å². The number of nitrogens with zero attached hydrogens (tertiary/aromatic N) is 2. The lowest BCUT2D eigenvalue weighted by Crippen LogP contribution is -2.41. The van der Waals surface area contributed by atoms with Crippen LogP contribution in [-0.2, 0) is 0 Å². The fourth-order valence-electron chi connectivity index (χ4n) is 4.39. The van der Waals surface area contributed by atoms with Crippen molar-refractivity contribution in [1.82, 2.24) is 0 Å². The maximum atomic E-state index is 9.20. The molecule has 1 saturated carbocycles. The van der Waals surface area contributed by atoms with E-state index in [9.17, 15) is 5.26 Å². The number of hydrogen-bond donors (Lipinski definition) is 0. The summed E-state index contributed by atoms with van der Waals surface area (Å²) in [4.78, 5) is 4.20. The number of hydrogen-bond acceptors (Lipinski definition) is 3. The average molecular weight is 338 g/mol. The van der Waals surface area contributed by atoms with E-state index in [4.69, 9.17) is 4.74 Å². The molecule has 1 atom stereocenters. The molecule has 1 fully saturated rings. The maximum absolute atomic E-state index is 9.20. The first-order valence-corrected chi connectivity index (χ1v) is 10.0. The van der Waals surface area contributed by atoms with Crippen molar-refractivity contribution in [3.05, 3.63) is 29.3 Å². The molecule has 1 aromatic rings. The molecule has 1 unspecified atom stereocenters. The lowest BCUT2D eigenvalue weighted by atomic mass is 9.80. The van der Waals surface area contributed by atoms with Crippen LogP contribution in [0.3, 0.4) is 0 Å². The van der Waals surface area contributed by atoms with Gasteiger partial charge >= 0.3 is 0 Å². The van der Waals surface area contributed by atoms with Gasteiger partial charge in [0.15, 0.2) is 0 Å². The number of rotatable bonds is 5. The molecule has 25 heavy (non-hydrogen) atoms. The molecule has 0 aromatic heterocycles. The van der Waals surface area contributed by atoms with Gasteiger partial charge in [0, 0.05) is 12.0 Å². The Kier molecular flexibility index (Phi) is 5.78. The molecule has 2 aliphatic rings. The van der Waals surface area contributed by atoms with Crippen LogP contribution in [0.4, 0.5) is 0 Å². The van der Waals surface area contributed by atoms with Gasteiger partial charge in [-0.05, 0) is 55.7 Å². The van der Waals surface area contributed by atoms with Gasteiger partial charge in [-0.15, -0.1) is 0 Å². The summed E-state index contributed by atoms with van der Waals surface area (Å²) >= 11 is 0. The first-order valence-electron chi connectivity index (χ1n) is 10.0. The van der Waals surface area contributed by atoms with Crippen LogP contribution < -0.4 is 4.74 Å². The van der Waals surface area contributed by atoms with Gasteiger partial charge in [-0.1, -0.05) is 45.6 Å². The molecule has 1 aliphatic heterocycles. The number of aliphatic imine (C=N–C) groups is 1. The molecule has 134 valence electrons. The third-order valence-corrected chi connectivity index (χ3v) is 6.02. The number of unbranched alkanes of at least 4 members (excludes halogenated alkanes) is 1. The Labute approximate surface area is 152 Å². The van der Waals surface area contributed by atoms with E-state index in [0.717, 1.165) is 49.1 Å². The summed E-state index contributed by atoms with van der Waals surface area (Å²) in [7, 11) is 0. The standard InChI is InChI=1S/C22H30N2O/c1-3-5-13-22(4-2)15-20(24-16-23)19-14-18(11-12-21(19)25-22)17-9-7-6-8-10-17/h11-12,14,17H,3-10,13,15H2,1-2H3/b24-20+. The van der Waals surface area contributed by atoms with Crippen LogP contribution in [0.5, 0.6) is 5.75 Å². The van der Waals surface area contributed by atoms with Crippen LogP contribution >= 0.6 is 0 Å². The summed E-state index contributed by atoms with van der Waals surface area (Å²) in [6, 6.07) is 6.62. The Morgan fingerprint density at radius 3 is 2.72 bits per heavy atom. The van der Waals surface area contributed by atoms with Gasteiger partial charge in [-0.2, -0.15) is 10.3 Å². The molecular weight excluding hydrogens is 308 g/mol. The fourth-order valence-corrected chi connectivity index (χ4v) is 4.39. The van der Waals surface area contributed by atoms with Gasteiger partial charge in [-0.3, -0.25) is 0 Å². The lowest BCUT2D eigenvalue weighted by Gasteiger charge is -2.39. The van der Waals surface area contributed by atoms with E-state index in [-0.39, 0.29) is 5.60 Å². The van der Waals surface area contributed by atoms with E-state index < -0.39 is 0 Å². The molecule has 0 spiro atoms. The summed E-state index contributed by atoms with van der Waals surface area (Å²) in [6.45, 7) is 4.39. The highest BCUT2D eigenvalue weighted by Gasteiger charge is 2.38. The first-order chi connectivity index (χ1) is 12.2. The van der Waals surface area contributed by atoms with Gasteiger partial charge < -0.3 is 4.74 Å². The monoisotopic (exact) mass is 338 g/mol. The Morgan fingerprint density at radius 2 is 2.04 bits per heavy atom. The van der Waals surface area contributed by atoms with Crippen molar-refractivity contribution in [1.29, 1.82) is 5.26 Å². The Morgan fingerprint density at radius 1 is 1.24 bits per heavy atom. The molecule has 0 radical (unpaired) electrons. The van der Waals surface area contributed by atoms with Gasteiger partial charge in [0.1, 0.15) is 11.4 Å². The van der Waals surface area contributed by atoms with Crippen molar-refractivity contribution < 1.29 is 4.74 Å². The van der Waals surface area contributed by atoms with Crippen molar-refractivity contribution in [2.24, 2.45) is 4.99 Å². The predicted molar refractivity (Wildman–Crippen MR) is 102 cm³/mol. The molecule has 0 bridgehead atoms. The van der Waals surface area contributed by atoms with Crippen molar-refractivity contribution in [2.45, 2.75) is 89.6 Å². The number of fused-ring (bicyclic) bond motifs is 1. The molecule has 1 aliphatic carbocycles. The summed E-state index contributed by atoms with van der Waals surface area (Å²) in [5.41, 5.74) is 3.15. The Bertz CT molecular complexity index is 667. The second kappa shape index (κ2) is 8.04. The highest BCUT2D eigenvalue weighted by atomic mass is 16.5. The molecule has 1 aromatic carbocycles. The maximum Gasteiger partial charge on any atom is 0.205 e. The molecule has 0 saturated heterocycles. The van der Waals surface area contributed by atoms with E-state index in [1.807, 2.05) is 6.19 Å². The topological polar surface area (TPSA) is 45.4 Å². The van der Waals surface area contributed by atoms with Gasteiger partial charge in [0.25, 0.3) is 0 Å². The quantitative estimate of drug-likeness (QED) is 0.606. The largest absolute Gasteiger partial charge is 0.486 e. The van der Waals surface area contributed by atoms with Crippen molar-refractivity contribution in [3.8, 4) is 11.9 Å². The third kappa shape index (κ3) is 3.89. The van der Waals surface area contributed by atoms with Gasteiger partial charge in [-0.25, -0.2) is 0 Å². The van der Waals surface area contributed by atoms with Crippen LogP contribution in [0, 0.1) is 11.5 Å². The number of nitriles is 1. The molecule has 3 heteroatoms. The summed E-state index contributed by atoms with van der Waals surface area (Å²) in [5.74, 6) is 1.57. The van der Waals surface area contributed by atoms with Crippen LogP contribution in [0.2, 0.25) is 0 Å². The second-order valence-electron chi connectivity index (χ2n) is 7.67. The molecule has 3 nitrogen and oxygen atoms in total. The van der Waals surface area contributed by atoms with E-state index in [1.54, 1.807) is 0 Å². The van der Waals surface area contributed by atoms with E-state index in [0.29, 0.717) is 5.92 Å². The van der Waals surface area contributed by atoms with Crippen LogP contribution in [0.25, 0.3) is 0 Å². The highest BCUT2D eigenvalue weighted by molar-refractivity contribution is 6.05. The Hall–Kier alpha value is -1.82. The summed E-state index contributed by atoms with van der Waals surface area (Å²) in [5, 5.41) is 9.20. The van der Waals surface area contributed by atoms with Crippen molar-refractivity contribution >= 4 is 5.71 Å². The van der Waals surface area contributed by atoms with Gasteiger partial charge in [0.2, 0.25) is 6.19 Å². The van der Waals surface area contributed by atoms with Crippen LogP contribution in [-0.4, -0.2) is 11.3 Å². The predicted octanol–water partition coefficient (Wildman–Crippen LogP) is 6.13. The first kappa shape index (κ1) is 18.0. The lowest BCUT2D eigenvalue weighted by molar-refractivity contribution is 0.0547. The number of ether oxygens (including phenoxy) is 1. The van der Waals surface area contributed by atoms with Crippen molar-refractivity contribution in [2.75, 3.05) is 0 Å². The van der Waals surface area contributed by atoms with E-state index >= 15 is 0 Å². The summed E-state index contributed by atoms with van der Waals surface area (Å²) in [6.07, 6.45) is 13.6. The fraction of sp³-hybridized carbons (Fsp3) is 0.636. The Balaban J connectivity index is 1.94. The van der Waals surface area contributed by atoms with E-state index in [1.165, 1.54) is 37.7 Å². The highest BCUT2D eigenvalue weighted by Crippen LogP contribution is 2.41. The minimum atomic E-state index is -0.203. The zero-order valence-electron chi connectivity index (χ0n) is 15.7. The third-order valence-electron chi connectivity index (χ3n) is 6.02. The zero-order chi connectivity index (χ0) is 17.7. The van der Waals surface area contributed by atoms with Crippen LogP contribution in [0.1, 0.15) is 95.1 Å². The molecule has 0 amide bonds. The molecule has 3 rings (SSSR count). The second-order valence-corrected chi connectivity index (χ2v) is 7.67. The smallest absolute Gasteiger partial charge is 0.205 e. The molecule has 1 heterocycles.